The molecule has 1 fully saturated rings. The standard InChI is InChI=1S/C11H14F3N3O/c12-11(13,14)9-1-4-15-10(17-9)16-7-8-2-5-18-6-3-8/h1,4,8H,2-3,5-7H2,(H,15,16,17). The predicted octanol–water partition coefficient (Wildman–Crippen LogP) is 2.33. The minimum Gasteiger partial charge on any atom is -0.381 e. The van der Waals surface area contributed by atoms with Gasteiger partial charge in [-0.25, -0.2) is 9.97 Å². The fraction of sp³-hybridized carbons (Fsp3) is 0.636. The average molecular weight is 261 g/mol. The molecule has 1 aliphatic heterocycles. The number of anilines is 1. The minimum atomic E-state index is -4.43. The van der Waals surface area contributed by atoms with Crippen LogP contribution in [0.15, 0.2) is 12.3 Å². The summed E-state index contributed by atoms with van der Waals surface area (Å²) in [5.74, 6) is 0.424. The number of ether oxygens (including phenoxy) is 1. The number of hydrogen-bond donors (Lipinski definition) is 1. The fourth-order valence-corrected chi connectivity index (χ4v) is 1.79. The third-order valence-electron chi connectivity index (χ3n) is 2.84. The maximum absolute atomic E-state index is 12.4. The lowest BCUT2D eigenvalue weighted by Crippen LogP contribution is -2.23. The number of nitrogens with zero attached hydrogens (tertiary/aromatic N) is 2. The summed E-state index contributed by atoms with van der Waals surface area (Å²) in [7, 11) is 0. The molecule has 2 rings (SSSR count). The van der Waals surface area contributed by atoms with Crippen molar-refractivity contribution >= 4 is 5.95 Å². The van der Waals surface area contributed by atoms with Gasteiger partial charge in [0.2, 0.25) is 5.95 Å². The zero-order chi connectivity index (χ0) is 13.0. The molecule has 1 aromatic rings. The van der Waals surface area contributed by atoms with Gasteiger partial charge in [-0.1, -0.05) is 0 Å². The summed E-state index contributed by atoms with van der Waals surface area (Å²) >= 11 is 0. The molecule has 0 aliphatic carbocycles. The molecule has 18 heavy (non-hydrogen) atoms. The Morgan fingerprint density at radius 3 is 2.72 bits per heavy atom. The summed E-state index contributed by atoms with van der Waals surface area (Å²) < 4.78 is 42.5. The first-order valence-electron chi connectivity index (χ1n) is 5.77. The van der Waals surface area contributed by atoms with Gasteiger partial charge in [-0.05, 0) is 24.8 Å². The molecule has 7 heteroatoms. The van der Waals surface area contributed by atoms with E-state index in [-0.39, 0.29) is 5.95 Å². The molecule has 4 nitrogen and oxygen atoms in total. The molecule has 0 amide bonds. The highest BCUT2D eigenvalue weighted by Crippen LogP contribution is 2.27. The highest BCUT2D eigenvalue weighted by molar-refractivity contribution is 5.26. The van der Waals surface area contributed by atoms with Gasteiger partial charge in [-0.2, -0.15) is 13.2 Å². The van der Waals surface area contributed by atoms with Crippen LogP contribution in [0, 0.1) is 5.92 Å². The Bertz CT molecular complexity index is 391. The summed E-state index contributed by atoms with van der Waals surface area (Å²) in [4.78, 5) is 7.23. The molecule has 0 radical (unpaired) electrons. The highest BCUT2D eigenvalue weighted by atomic mass is 19.4. The monoisotopic (exact) mass is 261 g/mol. The zero-order valence-corrected chi connectivity index (χ0v) is 9.70. The van der Waals surface area contributed by atoms with Crippen LogP contribution >= 0.6 is 0 Å². The Balaban J connectivity index is 1.92. The number of nitrogens with one attached hydrogen (secondary N) is 1. The molecule has 0 aromatic carbocycles. The second-order valence-corrected chi connectivity index (χ2v) is 4.20. The van der Waals surface area contributed by atoms with Crippen LogP contribution in [0.2, 0.25) is 0 Å². The zero-order valence-electron chi connectivity index (χ0n) is 9.70. The van der Waals surface area contributed by atoms with Crippen molar-refractivity contribution in [3.63, 3.8) is 0 Å². The topological polar surface area (TPSA) is 47.0 Å². The van der Waals surface area contributed by atoms with Gasteiger partial charge in [0.15, 0.2) is 0 Å². The van der Waals surface area contributed by atoms with E-state index in [2.05, 4.69) is 15.3 Å². The van der Waals surface area contributed by atoms with Gasteiger partial charge in [-0.3, -0.25) is 0 Å². The molecule has 0 atom stereocenters. The van der Waals surface area contributed by atoms with Crippen molar-refractivity contribution in [2.75, 3.05) is 25.1 Å². The van der Waals surface area contributed by atoms with Gasteiger partial charge in [-0.15, -0.1) is 0 Å². The smallest absolute Gasteiger partial charge is 0.381 e. The average Bonchev–Trinajstić information content (AvgIpc) is 2.37. The van der Waals surface area contributed by atoms with E-state index in [1.165, 1.54) is 0 Å². The number of aromatic nitrogens is 2. The Morgan fingerprint density at radius 2 is 2.06 bits per heavy atom. The molecule has 0 unspecified atom stereocenters. The Hall–Kier alpha value is -1.37. The third-order valence-corrected chi connectivity index (χ3v) is 2.84. The van der Waals surface area contributed by atoms with Crippen molar-refractivity contribution < 1.29 is 17.9 Å². The summed E-state index contributed by atoms with van der Waals surface area (Å²) in [5, 5.41) is 2.85. The van der Waals surface area contributed by atoms with Crippen molar-refractivity contribution in [2.45, 2.75) is 19.0 Å². The van der Waals surface area contributed by atoms with E-state index in [0.29, 0.717) is 25.7 Å². The van der Waals surface area contributed by atoms with Crippen LogP contribution in [-0.2, 0) is 10.9 Å². The summed E-state index contributed by atoms with van der Waals surface area (Å²) in [6, 6.07) is 0.861. The summed E-state index contributed by atoms with van der Waals surface area (Å²) in [5.41, 5.74) is -0.924. The van der Waals surface area contributed by atoms with Crippen LogP contribution < -0.4 is 5.32 Å². The van der Waals surface area contributed by atoms with Gasteiger partial charge in [0.25, 0.3) is 0 Å². The molecule has 100 valence electrons. The second kappa shape index (κ2) is 5.51. The quantitative estimate of drug-likeness (QED) is 0.907. The minimum absolute atomic E-state index is 0.0244. The van der Waals surface area contributed by atoms with Gasteiger partial charge in [0, 0.05) is 26.0 Å². The van der Waals surface area contributed by atoms with Crippen LogP contribution in [0.25, 0.3) is 0 Å². The van der Waals surface area contributed by atoms with Crippen molar-refractivity contribution in [1.29, 1.82) is 0 Å². The molecule has 1 N–H and O–H groups in total. The first-order valence-corrected chi connectivity index (χ1v) is 5.77. The number of alkyl halides is 3. The second-order valence-electron chi connectivity index (χ2n) is 4.20. The fourth-order valence-electron chi connectivity index (χ4n) is 1.79. The van der Waals surface area contributed by atoms with E-state index in [0.717, 1.165) is 25.1 Å². The molecule has 1 aliphatic rings. The van der Waals surface area contributed by atoms with Gasteiger partial charge < -0.3 is 10.1 Å². The number of hydrogen-bond acceptors (Lipinski definition) is 4. The van der Waals surface area contributed by atoms with Crippen LogP contribution in [0.5, 0.6) is 0 Å². The largest absolute Gasteiger partial charge is 0.433 e. The highest BCUT2D eigenvalue weighted by Gasteiger charge is 2.32. The number of halogens is 3. The number of rotatable bonds is 3. The van der Waals surface area contributed by atoms with Gasteiger partial charge >= 0.3 is 6.18 Å². The van der Waals surface area contributed by atoms with Crippen LogP contribution in [0.4, 0.5) is 19.1 Å². The predicted molar refractivity (Wildman–Crippen MR) is 59.1 cm³/mol. The van der Waals surface area contributed by atoms with Gasteiger partial charge in [0.1, 0.15) is 5.69 Å². The SMILES string of the molecule is FC(F)(F)c1ccnc(NCC2CCOCC2)n1. The molecular formula is C11H14F3N3O. The van der Waals surface area contributed by atoms with Crippen molar-refractivity contribution in [3.8, 4) is 0 Å². The van der Waals surface area contributed by atoms with E-state index in [9.17, 15) is 13.2 Å². The van der Waals surface area contributed by atoms with E-state index in [1.54, 1.807) is 0 Å². The van der Waals surface area contributed by atoms with Crippen molar-refractivity contribution in [2.24, 2.45) is 5.92 Å². The summed E-state index contributed by atoms with van der Waals surface area (Å²) in [6.45, 7) is 1.98. The Labute approximate surface area is 103 Å². The van der Waals surface area contributed by atoms with E-state index in [1.807, 2.05) is 0 Å². The van der Waals surface area contributed by atoms with E-state index < -0.39 is 11.9 Å². The molecule has 0 bridgehead atoms. The molecule has 1 saturated heterocycles. The van der Waals surface area contributed by atoms with Crippen molar-refractivity contribution in [1.82, 2.24) is 9.97 Å². The molecule has 0 saturated carbocycles. The lowest BCUT2D eigenvalue weighted by molar-refractivity contribution is -0.141. The first-order chi connectivity index (χ1) is 8.55. The molecule has 2 heterocycles. The Kier molecular flexibility index (Phi) is 4.00. The lowest BCUT2D eigenvalue weighted by Gasteiger charge is -2.22. The third kappa shape index (κ3) is 3.56. The van der Waals surface area contributed by atoms with Gasteiger partial charge in [0.05, 0.1) is 0 Å². The first kappa shape index (κ1) is 13.1. The molecule has 1 aromatic heterocycles. The van der Waals surface area contributed by atoms with Crippen LogP contribution in [-0.4, -0.2) is 29.7 Å². The maximum Gasteiger partial charge on any atom is 0.433 e. The lowest BCUT2D eigenvalue weighted by atomic mass is 10.0. The van der Waals surface area contributed by atoms with Crippen LogP contribution in [0.3, 0.4) is 0 Å². The Morgan fingerprint density at radius 1 is 1.33 bits per heavy atom. The summed E-state index contributed by atoms with van der Waals surface area (Å²) in [6.07, 6.45) is -1.50. The van der Waals surface area contributed by atoms with E-state index >= 15 is 0 Å². The molecule has 0 spiro atoms. The molecular weight excluding hydrogens is 247 g/mol. The maximum atomic E-state index is 12.4. The van der Waals surface area contributed by atoms with Crippen molar-refractivity contribution in [3.05, 3.63) is 18.0 Å². The van der Waals surface area contributed by atoms with E-state index in [4.69, 9.17) is 4.74 Å². The van der Waals surface area contributed by atoms with Crippen LogP contribution in [0.1, 0.15) is 18.5 Å². The normalized spacial score (nSPS) is 17.7.